The van der Waals surface area contributed by atoms with Gasteiger partial charge in [-0.15, -0.1) is 37.2 Å². The van der Waals surface area contributed by atoms with Gasteiger partial charge in [0.2, 0.25) is 5.91 Å². The number of carbonyl (C=O) groups excluding carboxylic acids is 1. The molecule has 5 nitrogen and oxygen atoms in total. The van der Waals surface area contributed by atoms with Crippen molar-refractivity contribution in [3.63, 3.8) is 0 Å². The van der Waals surface area contributed by atoms with E-state index in [0.29, 0.717) is 6.54 Å². The summed E-state index contributed by atoms with van der Waals surface area (Å²) in [4.78, 5) is 17.0. The monoisotopic (exact) mass is 456 g/mol. The minimum atomic E-state index is -0.653. The van der Waals surface area contributed by atoms with E-state index in [9.17, 15) is 9.18 Å². The summed E-state index contributed by atoms with van der Waals surface area (Å²) >= 11 is 0. The zero-order valence-corrected chi connectivity index (χ0v) is 18.5. The van der Waals surface area contributed by atoms with Crippen molar-refractivity contribution in [3.05, 3.63) is 30.1 Å². The lowest BCUT2D eigenvalue weighted by Gasteiger charge is -2.36. The molecule has 1 heterocycles. The predicted octanol–water partition coefficient (Wildman–Crippen LogP) is 2.99. The van der Waals surface area contributed by atoms with Crippen LogP contribution >= 0.6 is 37.2 Å². The Morgan fingerprint density at radius 3 is 2.14 bits per heavy atom. The third-order valence-corrected chi connectivity index (χ3v) is 5.48. The summed E-state index contributed by atoms with van der Waals surface area (Å²) < 4.78 is 13.0. The van der Waals surface area contributed by atoms with Gasteiger partial charge in [-0.25, -0.2) is 4.39 Å². The quantitative estimate of drug-likeness (QED) is 0.713. The van der Waals surface area contributed by atoms with E-state index in [2.05, 4.69) is 15.1 Å². The molecule has 3 N–H and O–H groups in total. The van der Waals surface area contributed by atoms with Crippen molar-refractivity contribution in [3.8, 4) is 0 Å². The zero-order valence-electron chi connectivity index (χ0n) is 16.1. The molecule has 0 spiro atoms. The summed E-state index contributed by atoms with van der Waals surface area (Å²) in [7, 11) is 0. The molecule has 1 aromatic rings. The number of halogens is 4. The number of piperazine rings is 1. The molecule has 0 aromatic heterocycles. The van der Waals surface area contributed by atoms with Gasteiger partial charge in [-0.05, 0) is 37.1 Å². The van der Waals surface area contributed by atoms with Gasteiger partial charge in [-0.3, -0.25) is 9.69 Å². The number of anilines is 1. The van der Waals surface area contributed by atoms with Crippen molar-refractivity contribution < 1.29 is 9.18 Å². The van der Waals surface area contributed by atoms with E-state index in [1.807, 2.05) is 12.1 Å². The maximum Gasteiger partial charge on any atom is 0.240 e. The van der Waals surface area contributed by atoms with Crippen LogP contribution in [-0.2, 0) is 4.79 Å². The molecule has 3 rings (SSSR count). The fourth-order valence-electron chi connectivity index (χ4n) is 3.79. The van der Waals surface area contributed by atoms with E-state index in [1.165, 1.54) is 18.6 Å². The fraction of sp³-hybridized carbons (Fsp3) is 0.632. The summed E-state index contributed by atoms with van der Waals surface area (Å²) in [6.45, 7) is 5.22. The van der Waals surface area contributed by atoms with E-state index >= 15 is 0 Å². The van der Waals surface area contributed by atoms with Crippen molar-refractivity contribution >= 4 is 48.8 Å². The molecule has 28 heavy (non-hydrogen) atoms. The number of nitrogens with one attached hydrogen (secondary N) is 1. The topological polar surface area (TPSA) is 61.6 Å². The second-order valence-corrected chi connectivity index (χ2v) is 7.28. The average Bonchev–Trinajstić information content (AvgIpc) is 2.63. The van der Waals surface area contributed by atoms with Crippen LogP contribution < -0.4 is 16.0 Å². The SMILES string of the molecule is Cl.Cl.Cl.NC1(C(=O)NCCN2CCN(c3ccc(F)cc3)CC2)CCCCC1. The number of carbonyl (C=O) groups is 1. The first-order valence-corrected chi connectivity index (χ1v) is 9.37. The Labute approximate surface area is 185 Å². The number of nitrogens with zero attached hydrogens (tertiary/aromatic N) is 2. The van der Waals surface area contributed by atoms with Crippen LogP contribution in [0.15, 0.2) is 24.3 Å². The second kappa shape index (κ2) is 12.7. The first kappa shape index (κ1) is 27.2. The van der Waals surface area contributed by atoms with Gasteiger partial charge < -0.3 is 16.0 Å². The highest BCUT2D eigenvalue weighted by molar-refractivity contribution is 5.86. The summed E-state index contributed by atoms with van der Waals surface area (Å²) in [6, 6.07) is 6.67. The molecule has 0 unspecified atom stereocenters. The minimum Gasteiger partial charge on any atom is -0.369 e. The standard InChI is InChI=1S/C19H29FN4O.3ClH/c20-16-4-6-17(7-5-16)24-14-12-23(13-15-24)11-10-22-18(25)19(21)8-2-1-3-9-19;;;/h4-7H,1-3,8-15,21H2,(H,22,25);3*1H. The molecule has 2 aliphatic rings. The normalized spacial score (nSPS) is 18.9. The highest BCUT2D eigenvalue weighted by Crippen LogP contribution is 2.25. The number of hydrogen-bond donors (Lipinski definition) is 2. The van der Waals surface area contributed by atoms with Crippen LogP contribution in [0.5, 0.6) is 0 Å². The Hall–Kier alpha value is -0.790. The fourth-order valence-corrected chi connectivity index (χ4v) is 3.79. The van der Waals surface area contributed by atoms with E-state index in [0.717, 1.165) is 64.1 Å². The molecule has 0 radical (unpaired) electrons. The molecule has 1 amide bonds. The van der Waals surface area contributed by atoms with Gasteiger partial charge in [0.05, 0.1) is 5.54 Å². The van der Waals surface area contributed by atoms with Gasteiger partial charge in [0.1, 0.15) is 5.82 Å². The Morgan fingerprint density at radius 2 is 1.57 bits per heavy atom. The highest BCUT2D eigenvalue weighted by Gasteiger charge is 2.34. The summed E-state index contributed by atoms with van der Waals surface area (Å²) in [5, 5.41) is 3.03. The Bertz CT molecular complexity index is 577. The van der Waals surface area contributed by atoms with Crippen LogP contribution in [0.25, 0.3) is 0 Å². The molecular weight excluding hydrogens is 426 g/mol. The van der Waals surface area contributed by atoms with Crippen molar-refractivity contribution in [2.45, 2.75) is 37.6 Å². The molecule has 1 aromatic carbocycles. The number of nitrogens with two attached hydrogens (primary N) is 1. The maximum atomic E-state index is 13.0. The third kappa shape index (κ3) is 7.23. The number of benzene rings is 1. The van der Waals surface area contributed by atoms with E-state index in [-0.39, 0.29) is 48.9 Å². The van der Waals surface area contributed by atoms with Crippen molar-refractivity contribution in [1.82, 2.24) is 10.2 Å². The maximum absolute atomic E-state index is 13.0. The largest absolute Gasteiger partial charge is 0.369 e. The Morgan fingerprint density at radius 1 is 1.00 bits per heavy atom. The Balaban J connectivity index is 0.00000243. The minimum absolute atomic E-state index is 0. The lowest BCUT2D eigenvalue weighted by molar-refractivity contribution is -0.127. The molecule has 162 valence electrons. The molecule has 1 aliphatic heterocycles. The van der Waals surface area contributed by atoms with Gasteiger partial charge in [0, 0.05) is 45.0 Å². The van der Waals surface area contributed by atoms with Crippen LogP contribution in [0.2, 0.25) is 0 Å². The summed E-state index contributed by atoms with van der Waals surface area (Å²) in [5.41, 5.74) is 6.67. The van der Waals surface area contributed by atoms with Crippen LogP contribution in [0, 0.1) is 5.82 Å². The first-order chi connectivity index (χ1) is 12.1. The smallest absolute Gasteiger partial charge is 0.240 e. The van der Waals surface area contributed by atoms with Gasteiger partial charge in [0.25, 0.3) is 0 Å². The van der Waals surface area contributed by atoms with E-state index in [1.54, 1.807) is 0 Å². The molecule has 0 bridgehead atoms. The number of amides is 1. The van der Waals surface area contributed by atoms with Gasteiger partial charge in [0.15, 0.2) is 0 Å². The highest BCUT2D eigenvalue weighted by atomic mass is 35.5. The van der Waals surface area contributed by atoms with E-state index in [4.69, 9.17) is 5.73 Å². The Kier molecular flexibility index (Phi) is 12.3. The molecule has 1 aliphatic carbocycles. The average molecular weight is 458 g/mol. The van der Waals surface area contributed by atoms with Gasteiger partial charge >= 0.3 is 0 Å². The molecule has 0 atom stereocenters. The van der Waals surface area contributed by atoms with Crippen LogP contribution in [0.1, 0.15) is 32.1 Å². The van der Waals surface area contributed by atoms with Gasteiger partial charge in [-0.1, -0.05) is 19.3 Å². The van der Waals surface area contributed by atoms with Crippen molar-refractivity contribution in [1.29, 1.82) is 0 Å². The zero-order chi connectivity index (χ0) is 17.7. The lowest BCUT2D eigenvalue weighted by atomic mass is 9.82. The van der Waals surface area contributed by atoms with Crippen LogP contribution in [-0.4, -0.2) is 55.6 Å². The number of hydrogen-bond acceptors (Lipinski definition) is 4. The van der Waals surface area contributed by atoms with Crippen molar-refractivity contribution in [2.75, 3.05) is 44.2 Å². The third-order valence-electron chi connectivity index (χ3n) is 5.48. The van der Waals surface area contributed by atoms with E-state index < -0.39 is 5.54 Å². The molecule has 9 heteroatoms. The predicted molar refractivity (Wildman–Crippen MR) is 120 cm³/mol. The van der Waals surface area contributed by atoms with Crippen LogP contribution in [0.4, 0.5) is 10.1 Å². The summed E-state index contributed by atoms with van der Waals surface area (Å²) in [6.07, 6.45) is 4.89. The number of rotatable bonds is 5. The van der Waals surface area contributed by atoms with Gasteiger partial charge in [-0.2, -0.15) is 0 Å². The summed E-state index contributed by atoms with van der Waals surface area (Å²) in [5.74, 6) is -0.189. The van der Waals surface area contributed by atoms with Crippen LogP contribution in [0.3, 0.4) is 0 Å². The molecule has 1 saturated carbocycles. The molecule has 1 saturated heterocycles. The lowest BCUT2D eigenvalue weighted by Crippen LogP contribution is -2.56. The molecular formula is C19H32Cl3FN4O. The second-order valence-electron chi connectivity index (χ2n) is 7.28. The first-order valence-electron chi connectivity index (χ1n) is 9.37. The molecule has 2 fully saturated rings. The van der Waals surface area contributed by atoms with Crippen molar-refractivity contribution in [2.24, 2.45) is 5.73 Å².